The summed E-state index contributed by atoms with van der Waals surface area (Å²) in [4.78, 5) is 29.0. The number of hydrogen-bond acceptors (Lipinski definition) is 7. The number of benzene rings is 2. The second-order valence-electron chi connectivity index (χ2n) is 10.9. The molecule has 0 bridgehead atoms. The molecule has 0 spiro atoms. The van der Waals surface area contributed by atoms with Crippen molar-refractivity contribution < 1.29 is 9.53 Å². The van der Waals surface area contributed by atoms with E-state index in [4.69, 9.17) is 9.72 Å². The quantitative estimate of drug-likeness (QED) is 0.252. The fraction of sp³-hybridized carbons (Fsp3) is 0.344. The average molecular weight is 537 g/mol. The summed E-state index contributed by atoms with van der Waals surface area (Å²) < 4.78 is 8.28. The van der Waals surface area contributed by atoms with Crippen LogP contribution >= 0.6 is 0 Å². The molecular weight excluding hydrogens is 500 g/mol. The molecule has 40 heavy (non-hydrogen) atoms. The molecular formula is C32H36N6O2. The number of piperazine rings is 1. The number of rotatable bonds is 7. The van der Waals surface area contributed by atoms with Gasteiger partial charge in [0.15, 0.2) is 0 Å². The van der Waals surface area contributed by atoms with Gasteiger partial charge in [0.1, 0.15) is 24.4 Å². The van der Waals surface area contributed by atoms with Gasteiger partial charge in [-0.3, -0.25) is 19.2 Å². The van der Waals surface area contributed by atoms with Crippen molar-refractivity contribution in [2.75, 3.05) is 51.7 Å². The first-order valence-electron chi connectivity index (χ1n) is 13.9. The highest BCUT2D eigenvalue weighted by atomic mass is 16.5. The van der Waals surface area contributed by atoms with Gasteiger partial charge in [-0.05, 0) is 56.2 Å². The lowest BCUT2D eigenvalue weighted by molar-refractivity contribution is 0.103. The minimum Gasteiger partial charge on any atom is -0.485 e. The third-order valence-electron chi connectivity index (χ3n) is 8.09. The van der Waals surface area contributed by atoms with Gasteiger partial charge < -0.3 is 14.5 Å². The van der Waals surface area contributed by atoms with E-state index < -0.39 is 0 Å². The van der Waals surface area contributed by atoms with Crippen molar-refractivity contribution in [1.82, 2.24) is 24.3 Å². The number of aryl methyl sites for hydroxylation is 1. The van der Waals surface area contributed by atoms with Crippen molar-refractivity contribution >= 4 is 22.4 Å². The summed E-state index contributed by atoms with van der Waals surface area (Å²) in [7, 11) is 3.85. The van der Waals surface area contributed by atoms with E-state index in [1.54, 1.807) is 12.4 Å². The summed E-state index contributed by atoms with van der Waals surface area (Å²) >= 11 is 0. The number of fused-ring (bicyclic) bond motifs is 4. The molecule has 0 atom stereocenters. The first kappa shape index (κ1) is 26.1. The molecule has 0 amide bonds. The molecule has 2 aliphatic rings. The SMILES string of the molecule is C/C(=C/C(=O)c1ncn2c1COc1c(CCN3CCN(c4cccc5nc(C)ccc45)CC3)cccc1-2)N(C)C. The topological polar surface area (TPSA) is 66.7 Å². The first-order chi connectivity index (χ1) is 19.4. The van der Waals surface area contributed by atoms with E-state index in [1.807, 2.05) is 43.5 Å². The second-order valence-corrected chi connectivity index (χ2v) is 10.9. The van der Waals surface area contributed by atoms with Gasteiger partial charge in [-0.25, -0.2) is 4.98 Å². The van der Waals surface area contributed by atoms with Crippen LogP contribution in [0.3, 0.4) is 0 Å². The lowest BCUT2D eigenvalue weighted by Crippen LogP contribution is -2.47. The third kappa shape index (κ3) is 4.95. The van der Waals surface area contributed by atoms with Crippen LogP contribution in [0.15, 0.2) is 66.6 Å². The number of ether oxygens (including phenoxy) is 1. The van der Waals surface area contributed by atoms with E-state index in [2.05, 4.69) is 57.2 Å². The van der Waals surface area contributed by atoms with Gasteiger partial charge >= 0.3 is 0 Å². The molecule has 0 unspecified atom stereocenters. The largest absolute Gasteiger partial charge is 0.485 e. The molecule has 6 rings (SSSR count). The summed E-state index contributed by atoms with van der Waals surface area (Å²) in [5.74, 6) is 0.792. The highest BCUT2D eigenvalue weighted by molar-refractivity contribution is 6.04. The minimum atomic E-state index is -0.0998. The standard InChI is InChI=1S/C32H36N6O2/c1-22-11-12-25-26(34-22)8-6-9-27(25)37-17-15-36(16-18-37)14-13-24-7-5-10-28-32(24)40-20-29-31(33-21-38(28)29)30(39)19-23(2)35(3)4/h5-12,19,21H,13-18,20H2,1-4H3/b23-19-. The molecule has 0 saturated carbocycles. The summed E-state index contributed by atoms with van der Waals surface area (Å²) in [5, 5.41) is 1.22. The number of imidazole rings is 1. The number of allylic oxidation sites excluding steroid dienone is 2. The first-order valence-corrected chi connectivity index (χ1v) is 13.9. The molecule has 2 aliphatic heterocycles. The summed E-state index contributed by atoms with van der Waals surface area (Å²) in [5.41, 5.74) is 7.65. The normalized spacial score (nSPS) is 15.5. The van der Waals surface area contributed by atoms with Crippen LogP contribution < -0.4 is 9.64 Å². The Morgan fingerprint density at radius 2 is 1.80 bits per heavy atom. The molecule has 206 valence electrons. The smallest absolute Gasteiger partial charge is 0.207 e. The van der Waals surface area contributed by atoms with Gasteiger partial charge in [-0.2, -0.15) is 0 Å². The van der Waals surface area contributed by atoms with Gasteiger partial charge in [0, 0.05) is 75.4 Å². The highest BCUT2D eigenvalue weighted by Gasteiger charge is 2.26. The lowest BCUT2D eigenvalue weighted by atomic mass is 10.1. The van der Waals surface area contributed by atoms with Crippen LogP contribution in [0.4, 0.5) is 5.69 Å². The second kappa shape index (κ2) is 10.8. The Bertz CT molecular complexity index is 1600. The Labute approximate surface area is 235 Å². The van der Waals surface area contributed by atoms with E-state index in [9.17, 15) is 4.79 Å². The van der Waals surface area contributed by atoms with Gasteiger partial charge in [0.05, 0.1) is 16.9 Å². The van der Waals surface area contributed by atoms with Crippen molar-refractivity contribution in [3.63, 3.8) is 0 Å². The van der Waals surface area contributed by atoms with Crippen LogP contribution in [0.25, 0.3) is 16.6 Å². The maximum absolute atomic E-state index is 12.9. The number of aromatic nitrogens is 3. The number of carbonyl (C=O) groups excluding carboxylic acids is 1. The van der Waals surface area contributed by atoms with Crippen LogP contribution in [-0.4, -0.2) is 76.9 Å². The summed E-state index contributed by atoms with van der Waals surface area (Å²) in [6, 6.07) is 17.0. The molecule has 0 aliphatic carbocycles. The third-order valence-corrected chi connectivity index (χ3v) is 8.09. The van der Waals surface area contributed by atoms with E-state index >= 15 is 0 Å². The zero-order chi connectivity index (χ0) is 27.8. The van der Waals surface area contributed by atoms with Crippen molar-refractivity contribution in [2.24, 2.45) is 0 Å². The number of para-hydroxylation sites is 1. The number of carbonyl (C=O) groups is 1. The molecule has 0 N–H and O–H groups in total. The number of pyridine rings is 1. The Morgan fingerprint density at radius 1 is 1.02 bits per heavy atom. The molecule has 8 heteroatoms. The van der Waals surface area contributed by atoms with Crippen molar-refractivity contribution in [1.29, 1.82) is 0 Å². The molecule has 4 aromatic rings. The van der Waals surface area contributed by atoms with Crippen molar-refractivity contribution in [2.45, 2.75) is 26.9 Å². The van der Waals surface area contributed by atoms with E-state index in [1.165, 1.54) is 16.6 Å². The molecule has 1 saturated heterocycles. The van der Waals surface area contributed by atoms with Crippen molar-refractivity contribution in [3.05, 3.63) is 89.3 Å². The van der Waals surface area contributed by atoms with Gasteiger partial charge in [-0.1, -0.05) is 18.2 Å². The Hall–Kier alpha value is -4.17. The van der Waals surface area contributed by atoms with E-state index in [0.29, 0.717) is 12.3 Å². The predicted molar refractivity (Wildman–Crippen MR) is 159 cm³/mol. The number of nitrogens with zero attached hydrogens (tertiary/aromatic N) is 6. The number of anilines is 1. The fourth-order valence-electron chi connectivity index (χ4n) is 5.58. The lowest BCUT2D eigenvalue weighted by Gasteiger charge is -2.36. The monoisotopic (exact) mass is 536 g/mol. The predicted octanol–water partition coefficient (Wildman–Crippen LogP) is 4.63. The molecule has 8 nitrogen and oxygen atoms in total. The van der Waals surface area contributed by atoms with Gasteiger partial charge in [0.2, 0.25) is 5.78 Å². The molecule has 4 heterocycles. The summed E-state index contributed by atoms with van der Waals surface area (Å²) in [6.45, 7) is 9.28. The Morgan fingerprint density at radius 3 is 2.60 bits per heavy atom. The zero-order valence-electron chi connectivity index (χ0n) is 23.7. The maximum Gasteiger partial charge on any atom is 0.207 e. The fourth-order valence-corrected chi connectivity index (χ4v) is 5.58. The van der Waals surface area contributed by atoms with Crippen LogP contribution in [-0.2, 0) is 13.0 Å². The molecule has 0 radical (unpaired) electrons. The number of hydrogen-bond donors (Lipinski definition) is 0. The van der Waals surface area contributed by atoms with E-state index in [0.717, 1.165) is 73.2 Å². The van der Waals surface area contributed by atoms with Crippen LogP contribution in [0.1, 0.15) is 34.4 Å². The molecule has 2 aromatic carbocycles. The Kier molecular flexibility index (Phi) is 7.02. The van der Waals surface area contributed by atoms with Crippen LogP contribution in [0.5, 0.6) is 5.75 Å². The molecule has 2 aromatic heterocycles. The Balaban J connectivity index is 1.12. The zero-order valence-corrected chi connectivity index (χ0v) is 23.7. The van der Waals surface area contributed by atoms with Crippen LogP contribution in [0.2, 0.25) is 0 Å². The van der Waals surface area contributed by atoms with Gasteiger partial charge in [0.25, 0.3) is 0 Å². The van der Waals surface area contributed by atoms with E-state index in [-0.39, 0.29) is 5.78 Å². The minimum absolute atomic E-state index is 0.0998. The molecule has 1 fully saturated rings. The van der Waals surface area contributed by atoms with Crippen molar-refractivity contribution in [3.8, 4) is 11.4 Å². The highest BCUT2D eigenvalue weighted by Crippen LogP contribution is 2.35. The maximum atomic E-state index is 12.9. The summed E-state index contributed by atoms with van der Waals surface area (Å²) in [6.07, 6.45) is 4.28. The van der Waals surface area contributed by atoms with Crippen LogP contribution in [0, 0.1) is 6.92 Å². The van der Waals surface area contributed by atoms with Gasteiger partial charge in [-0.15, -0.1) is 0 Å². The average Bonchev–Trinajstić information content (AvgIpc) is 3.41. The number of ketones is 1.